The second kappa shape index (κ2) is 11.1. The molecule has 1 aromatic carbocycles. The lowest BCUT2D eigenvalue weighted by molar-refractivity contribution is 0.00636. The lowest BCUT2D eigenvalue weighted by atomic mass is 9.98. The van der Waals surface area contributed by atoms with Gasteiger partial charge in [-0.1, -0.05) is 11.6 Å². The Labute approximate surface area is 203 Å². The number of anilines is 2. The Balaban J connectivity index is 1.31. The SMILES string of the molecule is COC1CN(CCCNc2nccc(=O)[nH]2)CCC1NC(=O)c1cc(Cl)c(N)c2c1OCCC2. The Morgan fingerprint density at radius 3 is 3.12 bits per heavy atom. The Kier molecular flexibility index (Phi) is 7.91. The molecule has 34 heavy (non-hydrogen) atoms. The second-order valence-corrected chi connectivity index (χ2v) is 8.99. The number of benzene rings is 1. The van der Waals surface area contributed by atoms with Crippen LogP contribution in [0.25, 0.3) is 0 Å². The van der Waals surface area contributed by atoms with Crippen LogP contribution in [0.2, 0.25) is 5.02 Å². The molecule has 1 amide bonds. The largest absolute Gasteiger partial charge is 0.492 e. The number of rotatable bonds is 8. The summed E-state index contributed by atoms with van der Waals surface area (Å²) in [5.41, 5.74) is 7.65. The number of carbonyl (C=O) groups excluding carboxylic acids is 1. The quantitative estimate of drug-likeness (QED) is 0.324. The third-order valence-electron chi connectivity index (χ3n) is 6.31. The molecule has 184 valence electrons. The molecule has 1 aromatic heterocycles. The van der Waals surface area contributed by atoms with Crippen molar-refractivity contribution in [1.29, 1.82) is 0 Å². The van der Waals surface area contributed by atoms with Gasteiger partial charge in [0, 0.05) is 44.6 Å². The van der Waals surface area contributed by atoms with Crippen molar-refractivity contribution in [3.05, 3.63) is 44.8 Å². The first-order chi connectivity index (χ1) is 16.5. The fourth-order valence-electron chi connectivity index (χ4n) is 4.51. The van der Waals surface area contributed by atoms with Crippen LogP contribution < -0.4 is 26.7 Å². The van der Waals surface area contributed by atoms with E-state index in [1.807, 2.05) is 0 Å². The van der Waals surface area contributed by atoms with Crippen LogP contribution >= 0.6 is 11.6 Å². The molecule has 10 nitrogen and oxygen atoms in total. The molecule has 11 heteroatoms. The smallest absolute Gasteiger partial charge is 0.255 e. The number of nitrogens with zero attached hydrogens (tertiary/aromatic N) is 2. The van der Waals surface area contributed by atoms with Crippen molar-refractivity contribution in [1.82, 2.24) is 20.2 Å². The fourth-order valence-corrected chi connectivity index (χ4v) is 4.73. The summed E-state index contributed by atoms with van der Waals surface area (Å²) < 4.78 is 11.5. The van der Waals surface area contributed by atoms with E-state index in [4.69, 9.17) is 26.8 Å². The van der Waals surface area contributed by atoms with Crippen LogP contribution in [0.15, 0.2) is 23.1 Å². The number of nitrogens with one attached hydrogen (secondary N) is 3. The van der Waals surface area contributed by atoms with Gasteiger partial charge in [-0.15, -0.1) is 0 Å². The fraction of sp³-hybridized carbons (Fsp3) is 0.522. The lowest BCUT2D eigenvalue weighted by Gasteiger charge is -2.38. The summed E-state index contributed by atoms with van der Waals surface area (Å²) in [6.07, 6.45) is 4.56. The summed E-state index contributed by atoms with van der Waals surface area (Å²) in [7, 11) is 1.66. The van der Waals surface area contributed by atoms with E-state index in [1.165, 1.54) is 12.3 Å². The molecule has 3 heterocycles. The monoisotopic (exact) mass is 490 g/mol. The van der Waals surface area contributed by atoms with E-state index in [0.717, 1.165) is 44.3 Å². The predicted octanol–water partition coefficient (Wildman–Crippen LogP) is 1.65. The van der Waals surface area contributed by atoms with Crippen molar-refractivity contribution in [3.8, 4) is 5.75 Å². The van der Waals surface area contributed by atoms with E-state index in [1.54, 1.807) is 13.2 Å². The normalized spacial score (nSPS) is 20.3. The summed E-state index contributed by atoms with van der Waals surface area (Å²) in [4.78, 5) is 33.5. The van der Waals surface area contributed by atoms with Gasteiger partial charge in [0.2, 0.25) is 5.95 Å². The number of aromatic amines is 1. The molecule has 5 N–H and O–H groups in total. The minimum absolute atomic E-state index is 0.124. The Hall–Kier alpha value is -2.82. The van der Waals surface area contributed by atoms with E-state index in [9.17, 15) is 9.59 Å². The van der Waals surface area contributed by atoms with Crippen molar-refractivity contribution < 1.29 is 14.3 Å². The molecule has 0 spiro atoms. The number of H-pyrrole nitrogens is 1. The highest BCUT2D eigenvalue weighted by Crippen LogP contribution is 2.38. The topological polar surface area (TPSA) is 135 Å². The van der Waals surface area contributed by atoms with Crippen molar-refractivity contribution in [2.24, 2.45) is 0 Å². The summed E-state index contributed by atoms with van der Waals surface area (Å²) in [5, 5.41) is 6.62. The highest BCUT2D eigenvalue weighted by atomic mass is 35.5. The van der Waals surface area contributed by atoms with Gasteiger partial charge in [0.05, 0.1) is 35.0 Å². The van der Waals surface area contributed by atoms with Gasteiger partial charge >= 0.3 is 0 Å². The van der Waals surface area contributed by atoms with Gasteiger partial charge < -0.3 is 30.7 Å². The minimum Gasteiger partial charge on any atom is -0.492 e. The third kappa shape index (κ3) is 5.63. The standard InChI is InChI=1S/C23H31ClN6O4/c1-33-18-13-30(9-3-7-26-23-27-8-5-19(31)29-23)10-6-17(18)28-22(32)15-12-16(24)20(25)14-4-2-11-34-21(14)15/h5,8,12,17-18H,2-4,6-7,9-11,13,25H2,1H3,(H,28,32)(H2,26,27,29,31). The summed E-state index contributed by atoms with van der Waals surface area (Å²) in [6.45, 7) is 3.64. The molecule has 2 aliphatic heterocycles. The van der Waals surface area contributed by atoms with Crippen LogP contribution in [-0.2, 0) is 11.2 Å². The van der Waals surface area contributed by atoms with Crippen LogP contribution in [0.3, 0.4) is 0 Å². The number of nitrogen functional groups attached to an aromatic ring is 1. The molecular formula is C23H31ClN6O4. The number of likely N-dealkylation sites (tertiary alicyclic amines) is 1. The Morgan fingerprint density at radius 2 is 2.32 bits per heavy atom. The molecule has 0 bridgehead atoms. The van der Waals surface area contributed by atoms with E-state index in [2.05, 4.69) is 25.5 Å². The van der Waals surface area contributed by atoms with Crippen LogP contribution in [-0.4, -0.2) is 72.8 Å². The average molecular weight is 491 g/mol. The predicted molar refractivity (Wildman–Crippen MR) is 131 cm³/mol. The second-order valence-electron chi connectivity index (χ2n) is 8.59. The maximum Gasteiger partial charge on any atom is 0.255 e. The highest BCUT2D eigenvalue weighted by molar-refractivity contribution is 6.33. The van der Waals surface area contributed by atoms with Crippen LogP contribution in [0.5, 0.6) is 5.75 Å². The maximum absolute atomic E-state index is 13.2. The van der Waals surface area contributed by atoms with Gasteiger partial charge in [0.25, 0.3) is 11.5 Å². The van der Waals surface area contributed by atoms with E-state index >= 15 is 0 Å². The zero-order valence-corrected chi connectivity index (χ0v) is 20.0. The Bertz CT molecular complexity index is 1080. The van der Waals surface area contributed by atoms with E-state index in [0.29, 0.717) is 47.7 Å². The number of nitrogens with two attached hydrogens (primary N) is 1. The van der Waals surface area contributed by atoms with Gasteiger partial charge in [-0.25, -0.2) is 4.98 Å². The number of carbonyl (C=O) groups is 1. The number of hydrogen-bond acceptors (Lipinski definition) is 8. The van der Waals surface area contributed by atoms with Gasteiger partial charge in [0.1, 0.15) is 5.75 Å². The number of amides is 1. The lowest BCUT2D eigenvalue weighted by Crippen LogP contribution is -2.55. The summed E-state index contributed by atoms with van der Waals surface area (Å²) in [5.74, 6) is 0.783. The molecular weight excluding hydrogens is 460 g/mol. The molecule has 1 saturated heterocycles. The maximum atomic E-state index is 13.2. The average Bonchev–Trinajstić information content (AvgIpc) is 2.84. The molecule has 0 radical (unpaired) electrons. The van der Waals surface area contributed by atoms with Crippen molar-refractivity contribution in [2.75, 3.05) is 50.9 Å². The van der Waals surface area contributed by atoms with Crippen molar-refractivity contribution in [3.63, 3.8) is 0 Å². The molecule has 1 fully saturated rings. The van der Waals surface area contributed by atoms with E-state index < -0.39 is 0 Å². The molecule has 2 unspecified atom stereocenters. The van der Waals surface area contributed by atoms with Gasteiger partial charge in [-0.05, 0) is 38.3 Å². The molecule has 0 saturated carbocycles. The van der Waals surface area contributed by atoms with Crippen molar-refractivity contribution in [2.45, 2.75) is 37.8 Å². The molecule has 2 aromatic rings. The first-order valence-corrected chi connectivity index (χ1v) is 11.9. The number of ether oxygens (including phenoxy) is 2. The third-order valence-corrected chi connectivity index (χ3v) is 6.62. The number of aromatic nitrogens is 2. The zero-order chi connectivity index (χ0) is 24.1. The number of fused-ring (bicyclic) bond motifs is 1. The van der Waals surface area contributed by atoms with Gasteiger partial charge in [-0.2, -0.15) is 0 Å². The summed E-state index contributed by atoms with van der Waals surface area (Å²) >= 11 is 6.30. The number of piperidine rings is 1. The van der Waals surface area contributed by atoms with Crippen molar-refractivity contribution >= 4 is 29.1 Å². The minimum atomic E-state index is -0.228. The Morgan fingerprint density at radius 1 is 1.47 bits per heavy atom. The number of methoxy groups -OCH3 is 1. The number of halogens is 1. The summed E-state index contributed by atoms with van der Waals surface area (Å²) in [6, 6.07) is 2.85. The first-order valence-electron chi connectivity index (χ1n) is 11.5. The van der Waals surface area contributed by atoms with Gasteiger partial charge in [0.15, 0.2) is 0 Å². The van der Waals surface area contributed by atoms with E-state index in [-0.39, 0.29) is 23.6 Å². The van der Waals surface area contributed by atoms with Crippen LogP contribution in [0.4, 0.5) is 11.6 Å². The molecule has 0 aliphatic carbocycles. The highest BCUT2D eigenvalue weighted by Gasteiger charge is 2.32. The first kappa shape index (κ1) is 24.3. The van der Waals surface area contributed by atoms with Gasteiger partial charge in [-0.3, -0.25) is 14.6 Å². The molecule has 2 aliphatic rings. The number of hydrogen-bond donors (Lipinski definition) is 4. The van der Waals surface area contributed by atoms with Crippen LogP contribution in [0.1, 0.15) is 35.2 Å². The zero-order valence-electron chi connectivity index (χ0n) is 19.2. The molecule has 4 rings (SSSR count). The molecule has 2 atom stereocenters. The van der Waals surface area contributed by atoms with Crippen LogP contribution in [0, 0.1) is 0 Å².